The predicted molar refractivity (Wildman–Crippen MR) is 83.5 cm³/mol. The molecule has 0 saturated carbocycles. The molecule has 1 heterocycles. The molecule has 0 aliphatic carbocycles. The molecule has 1 N–H and O–H groups in total. The Morgan fingerprint density at radius 1 is 1.33 bits per heavy atom. The molecule has 0 radical (unpaired) electrons. The lowest BCUT2D eigenvalue weighted by molar-refractivity contribution is 0.280. The van der Waals surface area contributed by atoms with Crippen LogP contribution in [0, 0.1) is 5.92 Å². The molecule has 1 fully saturated rings. The summed E-state index contributed by atoms with van der Waals surface area (Å²) in [6.45, 7) is 6.60. The monoisotopic (exact) mass is 311 g/mol. The first-order valence-corrected chi connectivity index (χ1v) is 9.10. The van der Waals surface area contributed by atoms with E-state index >= 15 is 0 Å². The van der Waals surface area contributed by atoms with Crippen LogP contribution in [0.15, 0.2) is 23.1 Å². The highest BCUT2D eigenvalue weighted by Gasteiger charge is 2.36. The van der Waals surface area contributed by atoms with Gasteiger partial charge in [0.05, 0.1) is 11.5 Å². The van der Waals surface area contributed by atoms with Crippen LogP contribution >= 0.6 is 0 Å². The molecule has 21 heavy (non-hydrogen) atoms. The Morgan fingerprint density at radius 2 is 2.05 bits per heavy atom. The lowest BCUT2D eigenvalue weighted by Crippen LogP contribution is -2.38. The van der Waals surface area contributed by atoms with Gasteiger partial charge in [-0.05, 0) is 48.4 Å². The molecule has 1 aliphatic rings. The van der Waals surface area contributed by atoms with E-state index in [4.69, 9.17) is 0 Å². The van der Waals surface area contributed by atoms with Gasteiger partial charge in [0.1, 0.15) is 0 Å². The van der Waals surface area contributed by atoms with Gasteiger partial charge in [0.15, 0.2) is 0 Å². The van der Waals surface area contributed by atoms with E-state index in [2.05, 4.69) is 13.8 Å². The first-order chi connectivity index (χ1) is 9.91. The van der Waals surface area contributed by atoms with Gasteiger partial charge in [-0.1, -0.05) is 26.8 Å². The van der Waals surface area contributed by atoms with Gasteiger partial charge in [-0.2, -0.15) is 4.31 Å². The molecule has 0 bridgehead atoms. The zero-order valence-corrected chi connectivity index (χ0v) is 13.9. The summed E-state index contributed by atoms with van der Waals surface area (Å²) in [5.41, 5.74) is 1.71. The molecule has 1 unspecified atom stereocenters. The van der Waals surface area contributed by atoms with Crippen LogP contribution in [0.3, 0.4) is 0 Å². The third-order valence-electron chi connectivity index (χ3n) is 4.35. The first kappa shape index (κ1) is 16.5. The Labute approximate surface area is 127 Å². The Bertz CT molecular complexity index is 596. The highest BCUT2D eigenvalue weighted by atomic mass is 32.2. The maximum Gasteiger partial charge on any atom is 0.243 e. The topological polar surface area (TPSA) is 57.6 Å². The third kappa shape index (κ3) is 3.15. The smallest absolute Gasteiger partial charge is 0.243 e. The highest BCUT2D eigenvalue weighted by molar-refractivity contribution is 7.89. The average molecular weight is 311 g/mol. The number of hydrogen-bond acceptors (Lipinski definition) is 3. The second kappa shape index (κ2) is 6.46. The lowest BCUT2D eigenvalue weighted by Gasteiger charge is -2.27. The molecular weight excluding hydrogens is 286 g/mol. The Morgan fingerprint density at radius 3 is 2.62 bits per heavy atom. The number of aliphatic hydroxyl groups excluding tert-OH is 1. The van der Waals surface area contributed by atoms with Crippen molar-refractivity contribution in [2.24, 2.45) is 5.92 Å². The third-order valence-corrected chi connectivity index (χ3v) is 6.27. The second-order valence-electron chi connectivity index (χ2n) is 6.01. The molecular formula is C16H25NO3S. The van der Waals surface area contributed by atoms with E-state index in [-0.39, 0.29) is 12.6 Å². The number of rotatable bonds is 5. The van der Waals surface area contributed by atoms with Crippen molar-refractivity contribution in [1.29, 1.82) is 0 Å². The van der Waals surface area contributed by atoms with E-state index in [1.807, 2.05) is 13.0 Å². The fraction of sp³-hybridized carbons (Fsp3) is 0.625. The van der Waals surface area contributed by atoms with Crippen molar-refractivity contribution in [1.82, 2.24) is 4.31 Å². The fourth-order valence-electron chi connectivity index (χ4n) is 3.12. The van der Waals surface area contributed by atoms with Crippen LogP contribution in [-0.4, -0.2) is 30.4 Å². The van der Waals surface area contributed by atoms with Crippen LogP contribution in [0.2, 0.25) is 0 Å². The summed E-state index contributed by atoms with van der Waals surface area (Å²) in [6, 6.07) is 5.20. The van der Waals surface area contributed by atoms with Gasteiger partial charge < -0.3 is 5.11 Å². The van der Waals surface area contributed by atoms with Crippen molar-refractivity contribution in [3.63, 3.8) is 0 Å². The molecule has 2 rings (SSSR count). The number of aliphatic hydroxyl groups is 1. The molecule has 0 spiro atoms. The number of sulfonamides is 1. The zero-order valence-electron chi connectivity index (χ0n) is 13.0. The van der Waals surface area contributed by atoms with Crippen molar-refractivity contribution in [2.75, 3.05) is 6.54 Å². The van der Waals surface area contributed by atoms with Crippen LogP contribution in [0.5, 0.6) is 0 Å². The summed E-state index contributed by atoms with van der Waals surface area (Å²) in [6.07, 6.45) is 2.63. The Kier molecular flexibility index (Phi) is 5.07. The van der Waals surface area contributed by atoms with Crippen molar-refractivity contribution in [2.45, 2.75) is 57.6 Å². The molecule has 1 saturated heterocycles. The molecule has 1 atom stereocenters. The second-order valence-corrected chi connectivity index (χ2v) is 7.90. The number of aryl methyl sites for hydroxylation is 1. The maximum absolute atomic E-state index is 12.9. The van der Waals surface area contributed by atoms with E-state index in [0.717, 1.165) is 24.8 Å². The minimum absolute atomic E-state index is 0.0819. The quantitative estimate of drug-likeness (QED) is 0.909. The normalized spacial score (nSPS) is 20.3. The van der Waals surface area contributed by atoms with Gasteiger partial charge in [-0.3, -0.25) is 0 Å². The summed E-state index contributed by atoms with van der Waals surface area (Å²) in [7, 11) is -3.47. The van der Waals surface area contributed by atoms with Gasteiger partial charge in [0.2, 0.25) is 10.0 Å². The van der Waals surface area contributed by atoms with Gasteiger partial charge in [-0.25, -0.2) is 8.42 Å². The minimum atomic E-state index is -3.47. The molecule has 1 aromatic carbocycles. The van der Waals surface area contributed by atoms with Crippen LogP contribution < -0.4 is 0 Å². The van der Waals surface area contributed by atoms with E-state index in [9.17, 15) is 13.5 Å². The van der Waals surface area contributed by atoms with Gasteiger partial charge in [-0.15, -0.1) is 0 Å². The van der Waals surface area contributed by atoms with Gasteiger partial charge in [0, 0.05) is 12.6 Å². The number of nitrogens with zero attached hydrogens (tertiary/aromatic N) is 1. The largest absolute Gasteiger partial charge is 0.392 e. The molecule has 1 aromatic rings. The first-order valence-electron chi connectivity index (χ1n) is 7.66. The van der Waals surface area contributed by atoms with E-state index in [0.29, 0.717) is 22.9 Å². The number of hydrogen-bond donors (Lipinski definition) is 1. The van der Waals surface area contributed by atoms with E-state index < -0.39 is 10.0 Å². The van der Waals surface area contributed by atoms with Crippen LogP contribution in [-0.2, 0) is 23.1 Å². The van der Waals surface area contributed by atoms with Gasteiger partial charge in [0.25, 0.3) is 0 Å². The average Bonchev–Trinajstić information content (AvgIpc) is 2.96. The summed E-state index contributed by atoms with van der Waals surface area (Å²) in [4.78, 5) is 0.302. The van der Waals surface area contributed by atoms with E-state index in [1.165, 1.54) is 0 Å². The SMILES string of the molecule is CCc1ccc(S(=O)(=O)N2CCCC2C(C)C)cc1CO. The standard InChI is InChI=1S/C16H25NO3S/c1-4-13-7-8-15(10-14(13)11-18)21(19,20)17-9-5-6-16(17)12(2)3/h7-8,10,12,16,18H,4-6,9,11H2,1-3H3. The molecule has 118 valence electrons. The Hall–Kier alpha value is -0.910. The molecule has 1 aliphatic heterocycles. The van der Waals surface area contributed by atoms with E-state index in [1.54, 1.807) is 16.4 Å². The maximum atomic E-state index is 12.9. The summed E-state index contributed by atoms with van der Waals surface area (Å²) in [5, 5.41) is 9.44. The Balaban J connectivity index is 2.40. The summed E-state index contributed by atoms with van der Waals surface area (Å²) in [5.74, 6) is 0.314. The van der Waals surface area contributed by atoms with Crippen LogP contribution in [0.1, 0.15) is 44.7 Å². The van der Waals surface area contributed by atoms with Crippen molar-refractivity contribution < 1.29 is 13.5 Å². The summed E-state index contributed by atoms with van der Waals surface area (Å²) >= 11 is 0. The van der Waals surface area contributed by atoms with Crippen LogP contribution in [0.4, 0.5) is 0 Å². The van der Waals surface area contributed by atoms with Crippen molar-refractivity contribution in [3.05, 3.63) is 29.3 Å². The number of benzene rings is 1. The minimum Gasteiger partial charge on any atom is -0.392 e. The molecule has 4 nitrogen and oxygen atoms in total. The van der Waals surface area contributed by atoms with Crippen molar-refractivity contribution in [3.8, 4) is 0 Å². The van der Waals surface area contributed by atoms with Gasteiger partial charge >= 0.3 is 0 Å². The predicted octanol–water partition coefficient (Wildman–Crippen LogP) is 2.55. The highest BCUT2D eigenvalue weighted by Crippen LogP contribution is 2.30. The fourth-order valence-corrected chi connectivity index (χ4v) is 5.00. The lowest BCUT2D eigenvalue weighted by atomic mass is 10.0. The molecule has 0 amide bonds. The summed E-state index contributed by atoms with van der Waals surface area (Å²) < 4.78 is 27.4. The van der Waals surface area contributed by atoms with Crippen molar-refractivity contribution >= 4 is 10.0 Å². The molecule has 5 heteroatoms. The zero-order chi connectivity index (χ0) is 15.6. The molecule has 0 aromatic heterocycles. The van der Waals surface area contributed by atoms with Crippen LogP contribution in [0.25, 0.3) is 0 Å².